The Morgan fingerprint density at radius 3 is 3.10 bits per heavy atom. The number of hydrogen-bond acceptors (Lipinski definition) is 2. The maximum Gasteiger partial charge on any atom is 0.0297 e. The van der Waals surface area contributed by atoms with E-state index in [1.807, 2.05) is 11.8 Å². The van der Waals surface area contributed by atoms with E-state index in [0.717, 1.165) is 19.6 Å². The van der Waals surface area contributed by atoms with Crippen LogP contribution in [0, 0.1) is 0 Å². The molecule has 0 aliphatic carbocycles. The second-order valence-electron chi connectivity index (χ2n) is 5.44. The molecule has 2 nitrogen and oxygen atoms in total. The Hall–Kier alpha value is -1.19. The van der Waals surface area contributed by atoms with Gasteiger partial charge in [-0.1, -0.05) is 25.1 Å². The van der Waals surface area contributed by atoms with E-state index in [2.05, 4.69) is 59.5 Å². The van der Waals surface area contributed by atoms with Gasteiger partial charge in [-0.25, -0.2) is 0 Å². The van der Waals surface area contributed by atoms with Crippen LogP contribution in [0.4, 0.5) is 0 Å². The summed E-state index contributed by atoms with van der Waals surface area (Å²) in [7, 11) is 0. The van der Waals surface area contributed by atoms with E-state index < -0.39 is 0 Å². The van der Waals surface area contributed by atoms with E-state index in [-0.39, 0.29) is 0 Å². The lowest BCUT2D eigenvalue weighted by molar-refractivity contribution is 0.604. The molecule has 1 atom stereocenters. The zero-order valence-electron chi connectivity index (χ0n) is 12.0. The van der Waals surface area contributed by atoms with Gasteiger partial charge >= 0.3 is 0 Å². The number of rotatable bonds is 6. The quantitative estimate of drug-likeness (QED) is 0.812. The number of aromatic nitrogens is 1. The Kier molecular flexibility index (Phi) is 4.48. The van der Waals surface area contributed by atoms with Crippen LogP contribution in [0.2, 0.25) is 0 Å². The number of hydrogen-bond donors (Lipinski definition) is 1. The molecule has 0 fully saturated rings. The summed E-state index contributed by atoms with van der Waals surface area (Å²) >= 11 is 1.99. The molecule has 2 aromatic rings. The molecule has 1 N–H and O–H groups in total. The number of benzene rings is 1. The lowest BCUT2D eigenvalue weighted by Crippen LogP contribution is -2.13. The van der Waals surface area contributed by atoms with Gasteiger partial charge in [-0.3, -0.25) is 0 Å². The van der Waals surface area contributed by atoms with Crippen LogP contribution in [-0.2, 0) is 13.1 Å². The van der Waals surface area contributed by atoms with Crippen LogP contribution in [0.1, 0.15) is 30.4 Å². The molecule has 1 aromatic heterocycles. The zero-order chi connectivity index (χ0) is 13.8. The molecule has 3 rings (SSSR count). The largest absolute Gasteiger partial charge is 0.353 e. The van der Waals surface area contributed by atoms with Gasteiger partial charge in [0.25, 0.3) is 0 Å². The Labute approximate surface area is 125 Å². The van der Waals surface area contributed by atoms with Crippen molar-refractivity contribution < 1.29 is 0 Å². The van der Waals surface area contributed by atoms with E-state index in [9.17, 15) is 0 Å². The molecule has 0 saturated heterocycles. The number of nitrogens with zero attached hydrogens (tertiary/aromatic N) is 1. The molecule has 3 heteroatoms. The van der Waals surface area contributed by atoms with Gasteiger partial charge in [-0.15, -0.1) is 11.8 Å². The highest BCUT2D eigenvalue weighted by atomic mass is 32.2. The fourth-order valence-electron chi connectivity index (χ4n) is 2.75. The van der Waals surface area contributed by atoms with Crippen LogP contribution in [0.3, 0.4) is 0 Å². The van der Waals surface area contributed by atoms with Crippen LogP contribution in [-0.4, -0.2) is 16.9 Å². The maximum atomic E-state index is 3.46. The molecule has 20 heavy (non-hydrogen) atoms. The van der Waals surface area contributed by atoms with Gasteiger partial charge < -0.3 is 9.88 Å². The third-order valence-electron chi connectivity index (χ3n) is 3.80. The molecule has 1 aliphatic rings. The summed E-state index contributed by atoms with van der Waals surface area (Å²) in [5, 5.41) is 3.46. The van der Waals surface area contributed by atoms with Crippen LogP contribution >= 0.6 is 11.8 Å². The zero-order valence-corrected chi connectivity index (χ0v) is 12.8. The molecule has 0 saturated carbocycles. The topological polar surface area (TPSA) is 17.0 Å². The lowest BCUT2D eigenvalue weighted by Gasteiger charge is -2.11. The molecule has 1 unspecified atom stereocenters. The minimum atomic E-state index is 0.653. The van der Waals surface area contributed by atoms with Crippen molar-refractivity contribution >= 4 is 11.8 Å². The molecule has 0 radical (unpaired) electrons. The van der Waals surface area contributed by atoms with Crippen molar-refractivity contribution in [1.29, 1.82) is 0 Å². The second-order valence-corrected chi connectivity index (χ2v) is 6.50. The Morgan fingerprint density at radius 2 is 2.20 bits per heavy atom. The van der Waals surface area contributed by atoms with Gasteiger partial charge in [0.05, 0.1) is 0 Å². The van der Waals surface area contributed by atoms with Gasteiger partial charge in [-0.2, -0.15) is 0 Å². The summed E-state index contributed by atoms with van der Waals surface area (Å²) in [6.07, 6.45) is 5.69. The van der Waals surface area contributed by atoms with E-state index in [1.165, 1.54) is 28.2 Å². The Balaban J connectivity index is 1.62. The summed E-state index contributed by atoms with van der Waals surface area (Å²) in [6.45, 7) is 5.37. The smallest absolute Gasteiger partial charge is 0.0297 e. The van der Waals surface area contributed by atoms with Gasteiger partial charge in [0.2, 0.25) is 0 Å². The van der Waals surface area contributed by atoms with Gasteiger partial charge in [0, 0.05) is 42.0 Å². The molecule has 2 heterocycles. The molecule has 1 aliphatic heterocycles. The summed E-state index contributed by atoms with van der Waals surface area (Å²) in [6, 6.07) is 11.1. The van der Waals surface area contributed by atoms with Crippen molar-refractivity contribution in [3.05, 3.63) is 53.9 Å². The third-order valence-corrected chi connectivity index (χ3v) is 5.05. The highest BCUT2D eigenvalue weighted by Gasteiger charge is 2.22. The minimum Gasteiger partial charge on any atom is -0.353 e. The lowest BCUT2D eigenvalue weighted by atomic mass is 10.0. The molecule has 1 aromatic carbocycles. The van der Waals surface area contributed by atoms with E-state index in [1.54, 1.807) is 0 Å². The first kappa shape index (κ1) is 13.8. The molecular formula is C17H22N2S. The van der Waals surface area contributed by atoms with E-state index in [0.29, 0.717) is 5.92 Å². The first-order valence-corrected chi connectivity index (χ1v) is 8.42. The minimum absolute atomic E-state index is 0.653. The first-order valence-electron chi connectivity index (χ1n) is 7.44. The SMILES string of the molecule is CCCNCc1ccn(CC2CSc3ccccc32)c1. The normalized spacial score (nSPS) is 17.4. The Morgan fingerprint density at radius 1 is 1.30 bits per heavy atom. The standard InChI is InChI=1S/C17H22N2S/c1-2-8-18-10-14-7-9-19(11-14)12-15-13-20-17-6-4-3-5-16(15)17/h3-7,9,11,15,18H,2,8,10,12-13H2,1H3. The van der Waals surface area contributed by atoms with E-state index in [4.69, 9.17) is 0 Å². The Bertz CT molecular complexity index is 562. The average Bonchev–Trinajstić information content (AvgIpc) is 3.08. The predicted octanol–water partition coefficient (Wildman–Crippen LogP) is 3.88. The molecular weight excluding hydrogens is 264 g/mol. The van der Waals surface area contributed by atoms with Crippen LogP contribution < -0.4 is 5.32 Å². The fourth-order valence-corrected chi connectivity index (χ4v) is 3.99. The van der Waals surface area contributed by atoms with Crippen molar-refractivity contribution in [3.63, 3.8) is 0 Å². The summed E-state index contributed by atoms with van der Waals surface area (Å²) < 4.78 is 2.34. The first-order chi connectivity index (χ1) is 9.86. The molecule has 0 amide bonds. The van der Waals surface area contributed by atoms with Gasteiger partial charge in [0.15, 0.2) is 0 Å². The van der Waals surface area contributed by atoms with Crippen LogP contribution in [0.5, 0.6) is 0 Å². The highest BCUT2D eigenvalue weighted by Crippen LogP contribution is 2.40. The van der Waals surface area contributed by atoms with Crippen molar-refractivity contribution in [2.75, 3.05) is 12.3 Å². The number of nitrogens with one attached hydrogen (secondary N) is 1. The summed E-state index contributed by atoms with van der Waals surface area (Å²) in [5.41, 5.74) is 2.91. The van der Waals surface area contributed by atoms with Crippen LogP contribution in [0.25, 0.3) is 0 Å². The number of thioether (sulfide) groups is 1. The van der Waals surface area contributed by atoms with Crippen molar-refractivity contribution in [2.45, 2.75) is 37.2 Å². The maximum absolute atomic E-state index is 3.46. The fraction of sp³-hybridized carbons (Fsp3) is 0.412. The van der Waals surface area contributed by atoms with Crippen LogP contribution in [0.15, 0.2) is 47.6 Å². The molecule has 106 valence electrons. The van der Waals surface area contributed by atoms with Crippen molar-refractivity contribution in [1.82, 2.24) is 9.88 Å². The number of fused-ring (bicyclic) bond motifs is 1. The van der Waals surface area contributed by atoms with Crippen molar-refractivity contribution in [2.24, 2.45) is 0 Å². The van der Waals surface area contributed by atoms with E-state index >= 15 is 0 Å². The monoisotopic (exact) mass is 286 g/mol. The second kappa shape index (κ2) is 6.51. The van der Waals surface area contributed by atoms with Gasteiger partial charge in [0.1, 0.15) is 0 Å². The summed E-state index contributed by atoms with van der Waals surface area (Å²) in [5.74, 6) is 1.86. The summed E-state index contributed by atoms with van der Waals surface area (Å²) in [4.78, 5) is 1.47. The third kappa shape index (κ3) is 3.10. The van der Waals surface area contributed by atoms with Crippen molar-refractivity contribution in [3.8, 4) is 0 Å². The van der Waals surface area contributed by atoms with Gasteiger partial charge in [-0.05, 0) is 36.2 Å². The molecule has 0 spiro atoms. The highest BCUT2D eigenvalue weighted by molar-refractivity contribution is 7.99. The average molecular weight is 286 g/mol. The predicted molar refractivity (Wildman–Crippen MR) is 86.3 cm³/mol. The molecule has 0 bridgehead atoms.